The predicted molar refractivity (Wildman–Crippen MR) is 119 cm³/mol. The molecule has 0 saturated carbocycles. The van der Waals surface area contributed by atoms with Gasteiger partial charge in [0, 0.05) is 0 Å². The van der Waals surface area contributed by atoms with Crippen LogP contribution in [-0.4, -0.2) is 55.6 Å². The van der Waals surface area contributed by atoms with Gasteiger partial charge in [-0.15, -0.1) is 49.6 Å². The van der Waals surface area contributed by atoms with Gasteiger partial charge in [-0.2, -0.15) is 0 Å². The van der Waals surface area contributed by atoms with Crippen LogP contribution in [0.4, 0.5) is 0 Å². The van der Waals surface area contributed by atoms with Crippen molar-refractivity contribution in [3.05, 3.63) is 0 Å². The fraction of sp³-hybridized carbons (Fsp3) is 1.00. The van der Waals surface area contributed by atoms with Crippen molar-refractivity contribution in [2.24, 2.45) is 5.73 Å². The number of rotatable bonds is 9. The molecule has 0 spiro atoms. The molecule has 0 amide bonds. The predicted octanol–water partition coefficient (Wildman–Crippen LogP) is 4.43. The smallest absolute Gasteiger partial charge is 0.000695 e. The van der Waals surface area contributed by atoms with E-state index in [1.54, 1.807) is 0 Å². The zero-order valence-corrected chi connectivity index (χ0v) is 19.1. The molecule has 0 unspecified atom stereocenters. The van der Waals surface area contributed by atoms with Crippen molar-refractivity contribution < 1.29 is 0 Å². The summed E-state index contributed by atoms with van der Waals surface area (Å²) in [5.41, 5.74) is 5.36. The maximum absolute atomic E-state index is 5.36. The second kappa shape index (κ2) is 43.5. The summed E-state index contributed by atoms with van der Waals surface area (Å²) in [5.74, 6) is 0. The van der Waals surface area contributed by atoms with Crippen LogP contribution in [0, 0.1) is 0 Å². The zero-order valence-electron chi connectivity index (χ0n) is 15.9. The summed E-state index contributed by atoms with van der Waals surface area (Å²) in [6, 6.07) is 0. The first-order valence-corrected chi connectivity index (χ1v) is 7.34. The molecule has 0 aromatic carbocycles. The highest BCUT2D eigenvalue weighted by Gasteiger charge is 1.95. The number of hydrogen-bond donors (Lipinski definition) is 3. The molecule has 23 heavy (non-hydrogen) atoms. The van der Waals surface area contributed by atoms with Crippen molar-refractivity contribution in [2.75, 3.05) is 45.8 Å². The molecule has 0 aliphatic carbocycles. The van der Waals surface area contributed by atoms with Gasteiger partial charge in [0.15, 0.2) is 0 Å². The quantitative estimate of drug-likeness (QED) is 0.507. The van der Waals surface area contributed by atoms with Crippen LogP contribution in [0.2, 0.25) is 0 Å². The van der Waals surface area contributed by atoms with E-state index in [0.717, 1.165) is 32.6 Å². The van der Waals surface area contributed by atoms with E-state index in [-0.39, 0.29) is 61.9 Å². The topological polar surface area (TPSA) is 102 Å². The largest absolute Gasteiger partial charge is 0.344 e. The lowest BCUT2D eigenvalue weighted by Gasteiger charge is -2.16. The van der Waals surface area contributed by atoms with Crippen LogP contribution in [-0.2, 0) is 0 Å². The Morgan fingerprint density at radius 1 is 0.609 bits per heavy atom. The van der Waals surface area contributed by atoms with E-state index in [4.69, 9.17) is 5.73 Å². The van der Waals surface area contributed by atoms with Gasteiger partial charge < -0.3 is 27.8 Å². The van der Waals surface area contributed by atoms with Gasteiger partial charge in [-0.1, -0.05) is 34.6 Å². The minimum Gasteiger partial charge on any atom is -0.344 e. The summed E-state index contributed by atoms with van der Waals surface area (Å²) in [6.45, 7) is 18.9. The minimum atomic E-state index is 0. The second-order valence-electron chi connectivity index (χ2n) is 4.20. The summed E-state index contributed by atoms with van der Waals surface area (Å²) >= 11 is 0. The Bertz CT molecular complexity index is 140. The third kappa shape index (κ3) is 39.6. The van der Waals surface area contributed by atoms with Crippen molar-refractivity contribution in [3.63, 3.8) is 0 Å². The Morgan fingerprint density at radius 3 is 1.09 bits per heavy atom. The van der Waals surface area contributed by atoms with Gasteiger partial charge in [-0.25, -0.2) is 0 Å². The summed E-state index contributed by atoms with van der Waals surface area (Å²) in [6.07, 6.45) is 2.41. The van der Waals surface area contributed by atoms with Gasteiger partial charge >= 0.3 is 0 Å². The average molecular weight is 425 g/mol. The van der Waals surface area contributed by atoms with E-state index in [9.17, 15) is 0 Å². The standard InChI is InChI=1S/C7H18N2.C7H17N.4ClH.2H3N/c1-3-9(4-2)7-5-6-8;1-4-7-8(5-2)6-3;;;;;;/h3-8H2,1-2H3;4-7H2,1-3H3;4*1H;2*1H3. The van der Waals surface area contributed by atoms with E-state index < -0.39 is 0 Å². The van der Waals surface area contributed by atoms with Gasteiger partial charge in [0.1, 0.15) is 0 Å². The highest BCUT2D eigenvalue weighted by Crippen LogP contribution is 1.88. The first-order chi connectivity index (χ1) is 8.19. The fourth-order valence-electron chi connectivity index (χ4n) is 1.71. The molecule has 154 valence electrons. The molecule has 0 fully saturated rings. The maximum atomic E-state index is 5.36. The van der Waals surface area contributed by atoms with E-state index in [2.05, 4.69) is 44.4 Å². The zero-order chi connectivity index (χ0) is 13.5. The van der Waals surface area contributed by atoms with Gasteiger partial charge in [-0.05, 0) is 58.7 Å². The number of nitrogens with zero attached hydrogens (tertiary/aromatic N) is 2. The monoisotopic (exact) mass is 423 g/mol. The lowest BCUT2D eigenvalue weighted by molar-refractivity contribution is 0.302. The Hall–Kier alpha value is 0.960. The molecule has 0 radical (unpaired) electrons. The maximum Gasteiger partial charge on any atom is -0.000695 e. The first-order valence-electron chi connectivity index (χ1n) is 7.34. The molecular formula is C14H45Cl4N5. The van der Waals surface area contributed by atoms with Gasteiger partial charge in [0.05, 0.1) is 0 Å². The van der Waals surface area contributed by atoms with Crippen LogP contribution in [0.25, 0.3) is 0 Å². The lowest BCUT2D eigenvalue weighted by Crippen LogP contribution is -2.25. The van der Waals surface area contributed by atoms with E-state index >= 15 is 0 Å². The van der Waals surface area contributed by atoms with Crippen LogP contribution in [0.15, 0.2) is 0 Å². The van der Waals surface area contributed by atoms with Crippen molar-refractivity contribution in [1.82, 2.24) is 22.1 Å². The SMILES string of the molecule is CCCN(CC)CC.CCN(CC)CCCN.Cl.Cl.Cl.Cl.N.N. The van der Waals surface area contributed by atoms with Crippen LogP contribution in [0.1, 0.15) is 47.5 Å². The van der Waals surface area contributed by atoms with Crippen LogP contribution >= 0.6 is 49.6 Å². The average Bonchev–Trinajstić information content (AvgIpc) is 2.38. The normalized spacial score (nSPS) is 7.83. The fourth-order valence-corrected chi connectivity index (χ4v) is 1.71. The molecule has 9 heteroatoms. The van der Waals surface area contributed by atoms with Crippen LogP contribution in [0.5, 0.6) is 0 Å². The number of nitrogens with two attached hydrogens (primary N) is 1. The lowest BCUT2D eigenvalue weighted by atomic mass is 10.4. The summed E-state index contributed by atoms with van der Waals surface area (Å²) < 4.78 is 0. The van der Waals surface area contributed by atoms with E-state index in [0.29, 0.717) is 0 Å². The second-order valence-corrected chi connectivity index (χ2v) is 4.20. The third-order valence-corrected chi connectivity index (χ3v) is 3.01. The van der Waals surface area contributed by atoms with E-state index in [1.807, 2.05) is 0 Å². The highest BCUT2D eigenvalue weighted by atomic mass is 35.5. The first kappa shape index (κ1) is 49.6. The summed E-state index contributed by atoms with van der Waals surface area (Å²) in [4.78, 5) is 4.81. The molecule has 0 aliphatic heterocycles. The van der Waals surface area contributed by atoms with Gasteiger partial charge in [0.2, 0.25) is 0 Å². The van der Waals surface area contributed by atoms with Crippen molar-refractivity contribution >= 4 is 49.6 Å². The van der Waals surface area contributed by atoms with Crippen molar-refractivity contribution in [2.45, 2.75) is 47.5 Å². The highest BCUT2D eigenvalue weighted by molar-refractivity contribution is 5.86. The molecule has 8 N–H and O–H groups in total. The molecular weight excluding hydrogens is 380 g/mol. The molecule has 0 rings (SSSR count). The molecule has 0 bridgehead atoms. The minimum absolute atomic E-state index is 0. The Morgan fingerprint density at radius 2 is 0.913 bits per heavy atom. The number of halogens is 4. The molecule has 0 atom stereocenters. The van der Waals surface area contributed by atoms with E-state index in [1.165, 1.54) is 26.1 Å². The Balaban J connectivity index is -0.0000000260. The van der Waals surface area contributed by atoms with Gasteiger partial charge in [-0.3, -0.25) is 0 Å². The Labute approximate surface area is 170 Å². The molecule has 0 saturated heterocycles. The molecule has 0 heterocycles. The molecule has 5 nitrogen and oxygen atoms in total. The van der Waals surface area contributed by atoms with Crippen LogP contribution < -0.4 is 18.0 Å². The van der Waals surface area contributed by atoms with Crippen molar-refractivity contribution in [3.8, 4) is 0 Å². The Kier molecular flexibility index (Phi) is 93.7. The molecule has 0 aromatic heterocycles. The summed E-state index contributed by atoms with van der Waals surface area (Å²) in [7, 11) is 0. The van der Waals surface area contributed by atoms with Gasteiger partial charge in [0.25, 0.3) is 0 Å². The van der Waals surface area contributed by atoms with Crippen LogP contribution in [0.3, 0.4) is 0 Å². The summed E-state index contributed by atoms with van der Waals surface area (Å²) in [5, 5.41) is 0. The molecule has 0 aliphatic rings. The number of hydrogen-bond acceptors (Lipinski definition) is 5. The third-order valence-electron chi connectivity index (χ3n) is 3.01. The molecule has 0 aromatic rings. The van der Waals surface area contributed by atoms with Crippen molar-refractivity contribution in [1.29, 1.82) is 0 Å².